The van der Waals surface area contributed by atoms with Gasteiger partial charge in [0.2, 0.25) is 0 Å². The molecule has 0 saturated heterocycles. The second kappa shape index (κ2) is 7.78. The minimum absolute atomic E-state index is 0.267. The first-order valence-electron chi connectivity index (χ1n) is 7.18. The third-order valence-corrected chi connectivity index (χ3v) is 3.99. The number of aromatic nitrogens is 3. The van der Waals surface area contributed by atoms with E-state index in [0.29, 0.717) is 10.0 Å². The lowest BCUT2D eigenvalue weighted by Crippen LogP contribution is -2.34. The number of aryl methyl sites for hydroxylation is 1. The Bertz CT molecular complexity index is 583. The summed E-state index contributed by atoms with van der Waals surface area (Å²) in [5.74, 6) is 0.994. The summed E-state index contributed by atoms with van der Waals surface area (Å²) in [6, 6.07) is 5.92. The van der Waals surface area contributed by atoms with Gasteiger partial charge in [0.15, 0.2) is 0 Å². The first-order valence-corrected chi connectivity index (χ1v) is 7.93. The zero-order valence-corrected chi connectivity index (χ0v) is 13.8. The third-order valence-electron chi connectivity index (χ3n) is 3.40. The van der Waals surface area contributed by atoms with Crippen LogP contribution in [0.4, 0.5) is 0 Å². The normalized spacial score (nSPS) is 12.6. The molecule has 0 radical (unpaired) electrons. The van der Waals surface area contributed by atoms with Gasteiger partial charge in [0.1, 0.15) is 12.2 Å². The molecule has 21 heavy (non-hydrogen) atoms. The van der Waals surface area contributed by atoms with E-state index in [0.717, 1.165) is 37.3 Å². The number of hydrogen-bond acceptors (Lipinski definition) is 3. The highest BCUT2D eigenvalue weighted by atomic mass is 35.5. The third kappa shape index (κ3) is 4.43. The molecule has 0 aliphatic rings. The van der Waals surface area contributed by atoms with Gasteiger partial charge in [-0.25, -0.2) is 4.98 Å². The zero-order valence-electron chi connectivity index (χ0n) is 12.3. The molecule has 0 fully saturated rings. The Morgan fingerprint density at radius 2 is 2.05 bits per heavy atom. The smallest absolute Gasteiger partial charge is 0.138 e. The van der Waals surface area contributed by atoms with Gasteiger partial charge in [0.05, 0.1) is 0 Å². The predicted molar refractivity (Wildman–Crippen MR) is 87.0 cm³/mol. The van der Waals surface area contributed by atoms with Crippen molar-refractivity contribution in [2.45, 2.75) is 39.3 Å². The molecule has 0 amide bonds. The molecule has 2 rings (SSSR count). The van der Waals surface area contributed by atoms with Crippen molar-refractivity contribution < 1.29 is 0 Å². The molecule has 114 valence electrons. The van der Waals surface area contributed by atoms with Crippen LogP contribution >= 0.6 is 23.2 Å². The average Bonchev–Trinajstić information content (AvgIpc) is 2.89. The Kier molecular flexibility index (Phi) is 6.03. The molecular weight excluding hydrogens is 307 g/mol. The van der Waals surface area contributed by atoms with E-state index in [1.54, 1.807) is 12.4 Å². The molecule has 2 aromatic rings. The fourth-order valence-corrected chi connectivity index (χ4v) is 2.87. The van der Waals surface area contributed by atoms with E-state index in [9.17, 15) is 0 Å². The van der Waals surface area contributed by atoms with Crippen molar-refractivity contribution in [3.63, 3.8) is 0 Å². The number of hydrogen-bond donors (Lipinski definition) is 1. The molecule has 0 saturated carbocycles. The van der Waals surface area contributed by atoms with Gasteiger partial charge in [0.25, 0.3) is 0 Å². The van der Waals surface area contributed by atoms with Gasteiger partial charge in [-0.05, 0) is 37.6 Å². The lowest BCUT2D eigenvalue weighted by atomic mass is 10.0. The van der Waals surface area contributed by atoms with Crippen LogP contribution in [-0.4, -0.2) is 27.4 Å². The largest absolute Gasteiger partial charge is 0.313 e. The van der Waals surface area contributed by atoms with Gasteiger partial charge in [-0.1, -0.05) is 36.2 Å². The quantitative estimate of drug-likeness (QED) is 0.848. The SMILES string of the molecule is CCNC(Cc1ccc(Cl)cc1Cl)Cc1ncnn1CC. The molecule has 1 N–H and O–H groups in total. The lowest BCUT2D eigenvalue weighted by molar-refractivity contribution is 0.490. The van der Waals surface area contributed by atoms with Crippen molar-refractivity contribution in [3.8, 4) is 0 Å². The fraction of sp³-hybridized carbons (Fsp3) is 0.467. The number of halogens is 2. The summed E-state index contributed by atoms with van der Waals surface area (Å²) in [6.45, 7) is 5.89. The zero-order chi connectivity index (χ0) is 15.2. The minimum atomic E-state index is 0.267. The van der Waals surface area contributed by atoms with Crippen molar-refractivity contribution in [1.82, 2.24) is 20.1 Å². The van der Waals surface area contributed by atoms with Crippen molar-refractivity contribution in [3.05, 3.63) is 46.0 Å². The second-order valence-corrected chi connectivity index (χ2v) is 5.73. The summed E-state index contributed by atoms with van der Waals surface area (Å²) in [4.78, 5) is 4.34. The van der Waals surface area contributed by atoms with Crippen molar-refractivity contribution >= 4 is 23.2 Å². The van der Waals surface area contributed by atoms with E-state index in [1.165, 1.54) is 0 Å². The van der Waals surface area contributed by atoms with Crippen LogP contribution in [0.1, 0.15) is 25.2 Å². The predicted octanol–water partition coefficient (Wildman–Crippen LogP) is 3.37. The fourth-order valence-electron chi connectivity index (χ4n) is 2.39. The number of nitrogens with one attached hydrogen (secondary N) is 1. The van der Waals surface area contributed by atoms with E-state index in [-0.39, 0.29) is 6.04 Å². The molecule has 1 atom stereocenters. The molecule has 1 unspecified atom stereocenters. The molecular formula is C15H20Cl2N4. The van der Waals surface area contributed by atoms with Gasteiger partial charge >= 0.3 is 0 Å². The van der Waals surface area contributed by atoms with Crippen LogP contribution in [0.2, 0.25) is 10.0 Å². The second-order valence-electron chi connectivity index (χ2n) is 4.89. The maximum atomic E-state index is 6.27. The Labute approximate surface area is 135 Å². The molecule has 0 bridgehead atoms. The molecule has 0 aliphatic carbocycles. The van der Waals surface area contributed by atoms with Crippen LogP contribution < -0.4 is 5.32 Å². The van der Waals surface area contributed by atoms with Gasteiger partial charge < -0.3 is 5.32 Å². The maximum Gasteiger partial charge on any atom is 0.138 e. The highest BCUT2D eigenvalue weighted by Crippen LogP contribution is 2.22. The lowest BCUT2D eigenvalue weighted by Gasteiger charge is -2.18. The van der Waals surface area contributed by atoms with E-state index >= 15 is 0 Å². The monoisotopic (exact) mass is 326 g/mol. The van der Waals surface area contributed by atoms with E-state index in [1.807, 2.05) is 16.8 Å². The number of benzene rings is 1. The number of rotatable bonds is 7. The summed E-state index contributed by atoms with van der Waals surface area (Å²) in [5.41, 5.74) is 1.09. The molecule has 0 aliphatic heterocycles. The van der Waals surface area contributed by atoms with E-state index in [4.69, 9.17) is 23.2 Å². The summed E-state index contributed by atoms with van der Waals surface area (Å²) < 4.78 is 1.92. The number of likely N-dealkylation sites (N-methyl/N-ethyl adjacent to an activating group) is 1. The van der Waals surface area contributed by atoms with Crippen LogP contribution in [-0.2, 0) is 19.4 Å². The first kappa shape index (κ1) is 16.3. The molecule has 0 spiro atoms. The van der Waals surface area contributed by atoms with Gasteiger partial charge in [-0.15, -0.1) is 0 Å². The summed E-state index contributed by atoms with van der Waals surface area (Å²) in [7, 11) is 0. The van der Waals surface area contributed by atoms with Crippen LogP contribution in [0.5, 0.6) is 0 Å². The topological polar surface area (TPSA) is 42.7 Å². The van der Waals surface area contributed by atoms with Gasteiger partial charge in [0, 0.05) is 29.1 Å². The molecule has 6 heteroatoms. The van der Waals surface area contributed by atoms with Crippen molar-refractivity contribution in [2.75, 3.05) is 6.54 Å². The van der Waals surface area contributed by atoms with Gasteiger partial charge in [-0.2, -0.15) is 5.10 Å². The summed E-state index contributed by atoms with van der Waals surface area (Å²) >= 11 is 12.2. The highest BCUT2D eigenvalue weighted by Gasteiger charge is 2.15. The Balaban J connectivity index is 2.11. The summed E-state index contributed by atoms with van der Waals surface area (Å²) in [6.07, 6.45) is 3.26. The van der Waals surface area contributed by atoms with Gasteiger partial charge in [-0.3, -0.25) is 4.68 Å². The Morgan fingerprint density at radius 1 is 1.24 bits per heavy atom. The van der Waals surface area contributed by atoms with Crippen LogP contribution in [0.15, 0.2) is 24.5 Å². The van der Waals surface area contributed by atoms with Crippen LogP contribution in [0.25, 0.3) is 0 Å². The Hall–Kier alpha value is -1.10. The molecule has 1 aromatic heterocycles. The van der Waals surface area contributed by atoms with Crippen LogP contribution in [0, 0.1) is 0 Å². The summed E-state index contributed by atoms with van der Waals surface area (Å²) in [5, 5.41) is 9.08. The maximum absolute atomic E-state index is 6.27. The standard InChI is InChI=1S/C15H20Cl2N4/c1-3-18-13(9-15-19-10-20-21(15)4-2)7-11-5-6-12(16)8-14(11)17/h5-6,8,10,13,18H,3-4,7,9H2,1-2H3. The van der Waals surface area contributed by atoms with E-state index in [2.05, 4.69) is 29.2 Å². The first-order chi connectivity index (χ1) is 10.1. The van der Waals surface area contributed by atoms with E-state index < -0.39 is 0 Å². The van der Waals surface area contributed by atoms with Crippen molar-refractivity contribution in [1.29, 1.82) is 0 Å². The molecule has 1 aromatic carbocycles. The number of nitrogens with zero attached hydrogens (tertiary/aromatic N) is 3. The van der Waals surface area contributed by atoms with Crippen molar-refractivity contribution in [2.24, 2.45) is 0 Å². The molecule has 1 heterocycles. The average molecular weight is 327 g/mol. The van der Waals surface area contributed by atoms with Crippen LogP contribution in [0.3, 0.4) is 0 Å². The highest BCUT2D eigenvalue weighted by molar-refractivity contribution is 6.35. The Morgan fingerprint density at radius 3 is 2.71 bits per heavy atom. The minimum Gasteiger partial charge on any atom is -0.313 e. The molecule has 4 nitrogen and oxygen atoms in total.